The normalized spacial score (nSPS) is 22.6. The van der Waals surface area contributed by atoms with Crippen LogP contribution >= 0.6 is 0 Å². The topological polar surface area (TPSA) is 138 Å². The van der Waals surface area contributed by atoms with E-state index in [1.165, 1.54) is 24.0 Å². The summed E-state index contributed by atoms with van der Waals surface area (Å²) < 4.78 is 10.6. The van der Waals surface area contributed by atoms with Crippen molar-refractivity contribution in [3.8, 4) is 23.3 Å². The number of rotatable bonds is 5. The Balaban J connectivity index is 1.48. The van der Waals surface area contributed by atoms with E-state index in [0.717, 1.165) is 5.56 Å². The molecule has 2 fully saturated rings. The highest BCUT2D eigenvalue weighted by Gasteiger charge is 2.48. The van der Waals surface area contributed by atoms with E-state index in [9.17, 15) is 24.3 Å². The zero-order valence-electron chi connectivity index (χ0n) is 20.2. The minimum atomic E-state index is -1.50. The first kappa shape index (κ1) is 24.3. The number of anilines is 1. The summed E-state index contributed by atoms with van der Waals surface area (Å²) in [5, 5.41) is 12.1. The molecule has 11 heteroatoms. The predicted molar refractivity (Wildman–Crippen MR) is 129 cm³/mol. The Hall–Kier alpha value is -4.43. The monoisotopic (exact) mass is 504 g/mol. The highest BCUT2D eigenvalue weighted by Crippen LogP contribution is 2.34. The molecule has 37 heavy (non-hydrogen) atoms. The number of nitrogens with one attached hydrogen (secondary N) is 1. The molecule has 1 aromatic heterocycles. The number of nitrogens with zero attached hydrogens (tertiary/aromatic N) is 3. The van der Waals surface area contributed by atoms with Crippen LogP contribution in [0, 0.1) is 17.3 Å². The van der Waals surface area contributed by atoms with Crippen LogP contribution in [0.1, 0.15) is 34.5 Å². The second-order valence-corrected chi connectivity index (χ2v) is 9.15. The Morgan fingerprint density at radius 3 is 2.62 bits per heavy atom. The maximum absolute atomic E-state index is 13.1. The minimum absolute atomic E-state index is 0.00174. The number of carbonyl (C=O) groups is 4. The van der Waals surface area contributed by atoms with E-state index in [0.29, 0.717) is 17.1 Å². The number of ether oxygens (including phenoxy) is 2. The van der Waals surface area contributed by atoms with Crippen LogP contribution in [0.4, 0.5) is 5.82 Å². The van der Waals surface area contributed by atoms with Crippen LogP contribution in [0.15, 0.2) is 30.3 Å². The second-order valence-electron chi connectivity index (χ2n) is 9.15. The number of aliphatic hydroxyl groups excluding tert-OH is 1. The lowest BCUT2D eigenvalue weighted by molar-refractivity contribution is -0.127. The van der Waals surface area contributed by atoms with E-state index in [1.54, 1.807) is 30.3 Å². The highest BCUT2D eigenvalue weighted by atomic mass is 16.5. The molecule has 3 aliphatic rings. The summed E-state index contributed by atoms with van der Waals surface area (Å²) in [6.07, 6.45) is -1.01. The minimum Gasteiger partial charge on any atom is -0.497 e. The SMILES string of the molecule is COc1ccc2c(c1)C(=O)N(C[C@@]1(C#Cc3nc(N4C[C@@H](O)CC4=O)ccc3OC)CC(=O)NC1=O)C2. The molecular formula is C26H24N4O7. The van der Waals surface area contributed by atoms with Crippen LogP contribution in [-0.2, 0) is 20.9 Å². The van der Waals surface area contributed by atoms with E-state index in [-0.39, 0.29) is 55.8 Å². The van der Waals surface area contributed by atoms with Crippen molar-refractivity contribution in [2.75, 3.05) is 32.2 Å². The summed E-state index contributed by atoms with van der Waals surface area (Å²) in [6, 6.07) is 8.36. The van der Waals surface area contributed by atoms with Gasteiger partial charge in [-0.1, -0.05) is 12.0 Å². The smallest absolute Gasteiger partial charge is 0.254 e. The first-order valence-corrected chi connectivity index (χ1v) is 11.6. The van der Waals surface area contributed by atoms with Crippen molar-refractivity contribution in [1.82, 2.24) is 15.2 Å². The number of pyridine rings is 1. The van der Waals surface area contributed by atoms with Gasteiger partial charge in [0.05, 0.1) is 39.7 Å². The molecule has 4 amide bonds. The molecule has 0 saturated carbocycles. The molecule has 190 valence electrons. The van der Waals surface area contributed by atoms with Crippen molar-refractivity contribution in [3.63, 3.8) is 0 Å². The summed E-state index contributed by atoms with van der Waals surface area (Å²) in [7, 11) is 2.94. The molecule has 0 radical (unpaired) electrons. The van der Waals surface area contributed by atoms with Gasteiger partial charge < -0.3 is 19.5 Å². The number of fused-ring (bicyclic) bond motifs is 1. The van der Waals surface area contributed by atoms with Gasteiger partial charge in [0.25, 0.3) is 5.91 Å². The summed E-state index contributed by atoms with van der Waals surface area (Å²) in [6.45, 7) is 0.264. The van der Waals surface area contributed by atoms with Crippen LogP contribution in [0.2, 0.25) is 0 Å². The van der Waals surface area contributed by atoms with Gasteiger partial charge in [-0.15, -0.1) is 0 Å². The van der Waals surface area contributed by atoms with Crippen LogP contribution < -0.4 is 19.7 Å². The molecule has 0 bridgehead atoms. The van der Waals surface area contributed by atoms with Gasteiger partial charge in [-0.2, -0.15) is 0 Å². The molecule has 2 atom stereocenters. The number of aliphatic hydroxyl groups is 1. The molecule has 3 aliphatic heterocycles. The molecule has 4 heterocycles. The number of aromatic nitrogens is 1. The van der Waals surface area contributed by atoms with Crippen molar-refractivity contribution >= 4 is 29.4 Å². The van der Waals surface area contributed by atoms with E-state index in [2.05, 4.69) is 22.1 Å². The van der Waals surface area contributed by atoms with E-state index < -0.39 is 23.3 Å². The van der Waals surface area contributed by atoms with Gasteiger partial charge in [0.2, 0.25) is 17.7 Å². The van der Waals surface area contributed by atoms with Crippen LogP contribution in [0.5, 0.6) is 11.5 Å². The first-order valence-electron chi connectivity index (χ1n) is 11.6. The fraction of sp³-hybridized carbons (Fsp3) is 0.346. The van der Waals surface area contributed by atoms with E-state index in [4.69, 9.17) is 9.47 Å². The maximum atomic E-state index is 13.1. The second kappa shape index (κ2) is 9.22. The Morgan fingerprint density at radius 1 is 1.16 bits per heavy atom. The summed E-state index contributed by atoms with van der Waals surface area (Å²) >= 11 is 0. The third-order valence-electron chi connectivity index (χ3n) is 6.67. The van der Waals surface area contributed by atoms with Crippen LogP contribution in [0.25, 0.3) is 0 Å². The van der Waals surface area contributed by atoms with E-state index in [1.807, 2.05) is 0 Å². The number of benzene rings is 1. The molecule has 1 aromatic carbocycles. The van der Waals surface area contributed by atoms with Crippen molar-refractivity contribution in [1.29, 1.82) is 0 Å². The van der Waals surface area contributed by atoms with Crippen molar-refractivity contribution < 1.29 is 33.8 Å². The third kappa shape index (κ3) is 4.36. The largest absolute Gasteiger partial charge is 0.497 e. The molecule has 5 rings (SSSR count). The number of methoxy groups -OCH3 is 2. The zero-order valence-corrected chi connectivity index (χ0v) is 20.2. The average Bonchev–Trinajstić information content (AvgIpc) is 3.48. The van der Waals surface area contributed by atoms with Crippen molar-refractivity contribution in [2.45, 2.75) is 25.5 Å². The van der Waals surface area contributed by atoms with Crippen molar-refractivity contribution in [3.05, 3.63) is 47.2 Å². The molecule has 0 aliphatic carbocycles. The number of imide groups is 1. The molecule has 2 N–H and O–H groups in total. The Morgan fingerprint density at radius 2 is 1.97 bits per heavy atom. The summed E-state index contributed by atoms with van der Waals surface area (Å²) in [5.74, 6) is 5.25. The summed E-state index contributed by atoms with van der Waals surface area (Å²) in [4.78, 5) is 57.8. The Labute approximate surface area is 212 Å². The number of amides is 4. The van der Waals surface area contributed by atoms with Crippen LogP contribution in [-0.4, -0.2) is 72.0 Å². The molecule has 2 saturated heterocycles. The molecular weight excluding hydrogens is 480 g/mol. The average molecular weight is 504 g/mol. The highest BCUT2D eigenvalue weighted by molar-refractivity contribution is 6.08. The van der Waals surface area contributed by atoms with Gasteiger partial charge in [0.1, 0.15) is 17.0 Å². The maximum Gasteiger partial charge on any atom is 0.254 e. The zero-order chi connectivity index (χ0) is 26.3. The van der Waals surface area contributed by atoms with Crippen molar-refractivity contribution in [2.24, 2.45) is 5.41 Å². The molecule has 2 aromatic rings. The summed E-state index contributed by atoms with van der Waals surface area (Å²) in [5.41, 5.74) is -0.0874. The predicted octanol–water partition coefficient (Wildman–Crippen LogP) is 0.237. The fourth-order valence-electron chi connectivity index (χ4n) is 4.76. The molecule has 0 spiro atoms. The lowest BCUT2D eigenvalue weighted by Crippen LogP contribution is -2.42. The van der Waals surface area contributed by atoms with Gasteiger partial charge in [-0.3, -0.25) is 29.4 Å². The Kier molecular flexibility index (Phi) is 6.05. The van der Waals surface area contributed by atoms with Gasteiger partial charge in [0, 0.05) is 18.7 Å². The standard InChI is InChI=1S/C26H24N4O7/c1-36-17-4-3-15-12-29(24(34)18(15)10-17)14-26(11-22(32)28-25(26)35)8-7-19-20(37-2)5-6-21(27-19)30-13-16(31)9-23(30)33/h3-6,10,16,31H,9,11-14H2,1-2H3,(H,28,32,35)/t16-,26+/m0/s1. The number of carbonyl (C=O) groups excluding carboxylic acids is 4. The lowest BCUT2D eigenvalue weighted by atomic mass is 9.86. The van der Waals surface area contributed by atoms with Gasteiger partial charge >= 0.3 is 0 Å². The first-order chi connectivity index (χ1) is 17.7. The molecule has 0 unspecified atom stereocenters. The van der Waals surface area contributed by atoms with E-state index >= 15 is 0 Å². The number of hydrogen-bond donors (Lipinski definition) is 2. The molecule has 11 nitrogen and oxygen atoms in total. The van der Waals surface area contributed by atoms with Gasteiger partial charge in [-0.25, -0.2) is 4.98 Å². The van der Waals surface area contributed by atoms with Gasteiger partial charge in [-0.05, 0) is 35.7 Å². The number of hydrogen-bond acceptors (Lipinski definition) is 8. The fourth-order valence-corrected chi connectivity index (χ4v) is 4.76. The van der Waals surface area contributed by atoms with Gasteiger partial charge in [0.15, 0.2) is 11.4 Å². The third-order valence-corrected chi connectivity index (χ3v) is 6.67. The number of β-amino-alcohol motifs (C(OH)–C–C–N with tert-alkyl or cyclic N) is 1. The quantitative estimate of drug-likeness (QED) is 0.436. The lowest BCUT2D eigenvalue weighted by Gasteiger charge is -2.25. The van der Waals surface area contributed by atoms with Crippen LogP contribution in [0.3, 0.4) is 0 Å². The Bertz CT molecular complexity index is 1400.